The maximum atomic E-state index is 12.6. The highest BCUT2D eigenvalue weighted by molar-refractivity contribution is 5.95. The van der Waals surface area contributed by atoms with Crippen LogP contribution < -0.4 is 5.32 Å². The van der Waals surface area contributed by atoms with Crippen molar-refractivity contribution in [2.24, 2.45) is 0 Å². The fourth-order valence-corrected chi connectivity index (χ4v) is 3.06. The van der Waals surface area contributed by atoms with Crippen molar-refractivity contribution < 1.29 is 14.7 Å². The first-order chi connectivity index (χ1) is 12.8. The summed E-state index contributed by atoms with van der Waals surface area (Å²) in [5.41, 5.74) is 5.07. The van der Waals surface area contributed by atoms with Gasteiger partial charge >= 0.3 is 5.97 Å². The van der Waals surface area contributed by atoms with Crippen LogP contribution in [0.4, 0.5) is 0 Å². The zero-order chi connectivity index (χ0) is 19.6. The lowest BCUT2D eigenvalue weighted by Crippen LogP contribution is -2.23. The third kappa shape index (κ3) is 4.05. The van der Waals surface area contributed by atoms with Crippen LogP contribution in [-0.2, 0) is 17.9 Å². The zero-order valence-electron chi connectivity index (χ0n) is 15.4. The molecule has 3 aromatic rings. The molecule has 2 heterocycles. The molecule has 0 unspecified atom stereocenters. The third-order valence-corrected chi connectivity index (χ3v) is 4.25. The minimum atomic E-state index is -1.00. The Morgan fingerprint density at radius 1 is 1.19 bits per heavy atom. The Balaban J connectivity index is 1.75. The van der Waals surface area contributed by atoms with Gasteiger partial charge in [0.25, 0.3) is 5.91 Å². The predicted molar refractivity (Wildman–Crippen MR) is 98.8 cm³/mol. The number of nitrogens with zero attached hydrogens (tertiary/aromatic N) is 4. The number of nitrogens with one attached hydrogen (secondary N) is 1. The largest absolute Gasteiger partial charge is 0.480 e. The molecule has 0 aliphatic heterocycles. The number of hydrogen-bond acceptors (Lipinski definition) is 4. The molecule has 0 radical (unpaired) electrons. The van der Waals surface area contributed by atoms with Gasteiger partial charge in [-0.2, -0.15) is 0 Å². The maximum Gasteiger partial charge on any atom is 0.325 e. The van der Waals surface area contributed by atoms with Gasteiger partial charge in [0.2, 0.25) is 0 Å². The first-order valence-corrected chi connectivity index (χ1v) is 8.50. The van der Waals surface area contributed by atoms with E-state index in [9.17, 15) is 9.59 Å². The lowest BCUT2D eigenvalue weighted by Gasteiger charge is -2.10. The van der Waals surface area contributed by atoms with Crippen LogP contribution in [0.3, 0.4) is 0 Å². The van der Waals surface area contributed by atoms with Gasteiger partial charge in [0.1, 0.15) is 12.2 Å². The number of carbonyl (C=O) groups excluding carboxylic acids is 1. The molecule has 0 fully saturated rings. The molecule has 0 bridgehead atoms. The van der Waals surface area contributed by atoms with Crippen molar-refractivity contribution in [1.29, 1.82) is 0 Å². The fraction of sp³-hybridized carbons (Fsp3) is 0.263. The Labute approximate surface area is 156 Å². The lowest BCUT2D eigenvalue weighted by molar-refractivity contribution is -0.137. The molecule has 0 spiro atoms. The quantitative estimate of drug-likeness (QED) is 0.694. The summed E-state index contributed by atoms with van der Waals surface area (Å²) in [4.78, 5) is 23.3. The number of carboxylic acid groups (broad SMARTS) is 1. The first-order valence-electron chi connectivity index (χ1n) is 8.50. The van der Waals surface area contributed by atoms with E-state index >= 15 is 0 Å². The normalized spacial score (nSPS) is 10.8. The van der Waals surface area contributed by atoms with Gasteiger partial charge < -0.3 is 15.0 Å². The molecule has 2 N–H and O–H groups in total. The SMILES string of the molecule is Cc1cccc(-n2c(C)cc(C(=O)NCc3cn(CC(=O)O)nn3)c2C)c1. The monoisotopic (exact) mass is 367 g/mol. The van der Waals surface area contributed by atoms with Gasteiger partial charge in [-0.3, -0.25) is 9.59 Å². The summed E-state index contributed by atoms with van der Waals surface area (Å²) in [5.74, 6) is -1.21. The molecule has 8 nitrogen and oxygen atoms in total. The van der Waals surface area contributed by atoms with Gasteiger partial charge in [0.05, 0.1) is 18.3 Å². The molecule has 0 atom stereocenters. The standard InChI is InChI=1S/C19H21N5O3/c1-12-5-4-6-16(7-12)24-13(2)8-17(14(24)3)19(27)20-9-15-10-23(22-21-15)11-18(25)26/h4-8,10H,9,11H2,1-3H3,(H,20,27)(H,25,26). The molecule has 3 rings (SSSR count). The predicted octanol–water partition coefficient (Wildman–Crippen LogP) is 2.01. The molecule has 0 aliphatic carbocycles. The second-order valence-electron chi connectivity index (χ2n) is 6.44. The van der Waals surface area contributed by atoms with Gasteiger partial charge in [0, 0.05) is 17.1 Å². The molecule has 8 heteroatoms. The van der Waals surface area contributed by atoms with Gasteiger partial charge in [-0.1, -0.05) is 17.3 Å². The molecule has 140 valence electrons. The van der Waals surface area contributed by atoms with Crippen molar-refractivity contribution in [1.82, 2.24) is 24.9 Å². The van der Waals surface area contributed by atoms with E-state index in [0.29, 0.717) is 11.3 Å². The highest BCUT2D eigenvalue weighted by Gasteiger charge is 2.17. The zero-order valence-corrected chi connectivity index (χ0v) is 15.4. The Morgan fingerprint density at radius 2 is 1.96 bits per heavy atom. The van der Waals surface area contributed by atoms with Crippen molar-refractivity contribution in [2.75, 3.05) is 0 Å². The number of aromatic nitrogens is 4. The molecule has 0 saturated carbocycles. The van der Waals surface area contributed by atoms with E-state index in [4.69, 9.17) is 5.11 Å². The minimum absolute atomic E-state index is 0.173. The Morgan fingerprint density at radius 3 is 2.67 bits per heavy atom. The summed E-state index contributed by atoms with van der Waals surface area (Å²) in [6, 6.07) is 9.96. The van der Waals surface area contributed by atoms with Crippen molar-refractivity contribution in [2.45, 2.75) is 33.9 Å². The van der Waals surface area contributed by atoms with E-state index in [2.05, 4.69) is 21.7 Å². The average Bonchev–Trinajstić information content (AvgIpc) is 3.16. The van der Waals surface area contributed by atoms with Crippen LogP contribution in [0.1, 0.15) is 33.0 Å². The van der Waals surface area contributed by atoms with E-state index in [1.165, 1.54) is 10.9 Å². The van der Waals surface area contributed by atoms with Crippen LogP contribution in [0.25, 0.3) is 5.69 Å². The first kappa shape index (κ1) is 18.4. The molecule has 1 aromatic carbocycles. The van der Waals surface area contributed by atoms with Crippen molar-refractivity contribution in [3.63, 3.8) is 0 Å². The van der Waals surface area contributed by atoms with Crippen LogP contribution in [0.15, 0.2) is 36.5 Å². The van der Waals surface area contributed by atoms with Crippen LogP contribution >= 0.6 is 0 Å². The number of benzene rings is 1. The third-order valence-electron chi connectivity index (χ3n) is 4.25. The van der Waals surface area contributed by atoms with E-state index < -0.39 is 5.97 Å². The number of rotatable bonds is 6. The molecule has 2 aromatic heterocycles. The molecule has 0 aliphatic rings. The summed E-state index contributed by atoms with van der Waals surface area (Å²) in [6.45, 7) is 5.81. The Kier molecular flexibility index (Phi) is 5.07. The second kappa shape index (κ2) is 7.45. The summed E-state index contributed by atoms with van der Waals surface area (Å²) in [7, 11) is 0. The van der Waals surface area contributed by atoms with Crippen LogP contribution in [0.2, 0.25) is 0 Å². The van der Waals surface area contributed by atoms with Crippen LogP contribution in [-0.4, -0.2) is 36.5 Å². The molecule has 0 saturated heterocycles. The van der Waals surface area contributed by atoms with Gasteiger partial charge in [0.15, 0.2) is 0 Å². The molecule has 27 heavy (non-hydrogen) atoms. The van der Waals surface area contributed by atoms with E-state index in [1.807, 2.05) is 49.6 Å². The average molecular weight is 367 g/mol. The topological polar surface area (TPSA) is 102 Å². The van der Waals surface area contributed by atoms with Crippen LogP contribution in [0, 0.1) is 20.8 Å². The number of carboxylic acids is 1. The number of hydrogen-bond donors (Lipinski definition) is 2. The van der Waals surface area contributed by atoms with Gasteiger partial charge in [-0.05, 0) is 44.5 Å². The maximum absolute atomic E-state index is 12.6. The van der Waals surface area contributed by atoms with E-state index in [-0.39, 0.29) is 19.0 Å². The van der Waals surface area contributed by atoms with E-state index in [1.54, 1.807) is 0 Å². The molecular formula is C19H21N5O3. The Bertz CT molecular complexity index is 1000. The number of aliphatic carboxylic acids is 1. The van der Waals surface area contributed by atoms with Crippen LogP contribution in [0.5, 0.6) is 0 Å². The van der Waals surface area contributed by atoms with Gasteiger partial charge in [-0.15, -0.1) is 5.10 Å². The number of aryl methyl sites for hydroxylation is 2. The van der Waals surface area contributed by atoms with Gasteiger partial charge in [-0.25, -0.2) is 4.68 Å². The highest BCUT2D eigenvalue weighted by Crippen LogP contribution is 2.21. The highest BCUT2D eigenvalue weighted by atomic mass is 16.4. The minimum Gasteiger partial charge on any atom is -0.480 e. The van der Waals surface area contributed by atoms with Crippen molar-refractivity contribution >= 4 is 11.9 Å². The number of amides is 1. The fourth-order valence-electron chi connectivity index (χ4n) is 3.06. The Hall–Kier alpha value is -3.42. The van der Waals surface area contributed by atoms with E-state index in [0.717, 1.165) is 22.6 Å². The summed E-state index contributed by atoms with van der Waals surface area (Å²) < 4.78 is 3.26. The lowest BCUT2D eigenvalue weighted by atomic mass is 10.2. The number of carbonyl (C=O) groups is 2. The van der Waals surface area contributed by atoms with Crippen molar-refractivity contribution in [3.05, 3.63) is 64.7 Å². The van der Waals surface area contributed by atoms with Crippen molar-refractivity contribution in [3.8, 4) is 5.69 Å². The molecule has 1 amide bonds. The summed E-state index contributed by atoms with van der Waals surface area (Å²) in [5, 5.41) is 19.2. The smallest absolute Gasteiger partial charge is 0.325 e. The summed E-state index contributed by atoms with van der Waals surface area (Å²) in [6.07, 6.45) is 1.50. The molecular weight excluding hydrogens is 346 g/mol. The summed E-state index contributed by atoms with van der Waals surface area (Å²) >= 11 is 0. The second-order valence-corrected chi connectivity index (χ2v) is 6.44.